The number of hydrogen-bond donors (Lipinski definition) is 0. The quantitative estimate of drug-likeness (QED) is 0.787. The number of ether oxygens (including phenoxy) is 1. The van der Waals surface area contributed by atoms with Gasteiger partial charge in [0.05, 0.1) is 7.11 Å². The van der Waals surface area contributed by atoms with Crippen molar-refractivity contribution in [1.82, 2.24) is 0 Å². The molecule has 0 amide bonds. The molecule has 0 saturated carbocycles. The molecule has 0 unspecified atom stereocenters. The van der Waals surface area contributed by atoms with Gasteiger partial charge in [-0.05, 0) is 24.1 Å². The van der Waals surface area contributed by atoms with Crippen LogP contribution in [-0.2, 0) is 11.8 Å². The van der Waals surface area contributed by atoms with Gasteiger partial charge in [-0.1, -0.05) is 54.3 Å². The van der Waals surface area contributed by atoms with Crippen LogP contribution in [0.1, 0.15) is 0 Å². The van der Waals surface area contributed by atoms with Crippen molar-refractivity contribution in [1.29, 1.82) is 0 Å². The minimum Gasteiger partial charge on any atom is -0.496 e. The number of benzene rings is 2. The van der Waals surface area contributed by atoms with E-state index in [1.165, 1.54) is 5.30 Å². The van der Waals surface area contributed by atoms with Crippen LogP contribution in [-0.4, -0.2) is 13.8 Å². The predicted molar refractivity (Wildman–Crippen MR) is 78.9 cm³/mol. The van der Waals surface area contributed by atoms with Gasteiger partial charge in [-0.3, -0.25) is 0 Å². The van der Waals surface area contributed by atoms with Crippen LogP contribution in [0.25, 0.3) is 0 Å². The second kappa shape index (κ2) is 5.03. The molecule has 1 atom stereocenters. The summed E-state index contributed by atoms with van der Waals surface area (Å²) in [6.45, 7) is 2.15. The lowest BCUT2D eigenvalue weighted by Gasteiger charge is -2.20. The van der Waals surface area contributed by atoms with Gasteiger partial charge < -0.3 is 4.74 Å². The van der Waals surface area contributed by atoms with Crippen LogP contribution >= 0.6 is 6.04 Å². The summed E-state index contributed by atoms with van der Waals surface area (Å²) in [4.78, 5) is 0. The molecule has 0 heterocycles. The highest BCUT2D eigenvalue weighted by atomic mass is 32.4. The van der Waals surface area contributed by atoms with Crippen molar-refractivity contribution in [3.05, 3.63) is 54.6 Å². The van der Waals surface area contributed by atoms with Gasteiger partial charge in [0.15, 0.2) is 0 Å². The maximum absolute atomic E-state index is 5.86. The van der Waals surface area contributed by atoms with E-state index in [1.54, 1.807) is 7.11 Å². The molecule has 1 nitrogen and oxygen atoms in total. The third-order valence-corrected chi connectivity index (χ3v) is 6.59. The first-order valence-corrected chi connectivity index (χ1v) is 8.68. The zero-order valence-electron chi connectivity index (χ0n) is 9.96. The van der Waals surface area contributed by atoms with Crippen LogP contribution < -0.4 is 15.3 Å². The molecule has 2 aromatic rings. The monoisotopic (exact) mass is 262 g/mol. The molecular weight excluding hydrogens is 247 g/mol. The van der Waals surface area contributed by atoms with Gasteiger partial charge in [-0.15, -0.1) is 0 Å². The van der Waals surface area contributed by atoms with Crippen molar-refractivity contribution >= 4 is 28.5 Å². The van der Waals surface area contributed by atoms with Gasteiger partial charge in [-0.25, -0.2) is 0 Å². The molecular formula is C14H15OPS. The normalized spacial score (nSPS) is 14.0. The Kier molecular flexibility index (Phi) is 3.66. The number of hydrogen-bond acceptors (Lipinski definition) is 2. The second-order valence-corrected chi connectivity index (χ2v) is 8.97. The number of rotatable bonds is 3. The van der Waals surface area contributed by atoms with Gasteiger partial charge in [0.2, 0.25) is 0 Å². The van der Waals surface area contributed by atoms with Gasteiger partial charge >= 0.3 is 0 Å². The molecule has 17 heavy (non-hydrogen) atoms. The Hall–Kier alpha value is -1.11. The summed E-state index contributed by atoms with van der Waals surface area (Å²) < 4.78 is 5.41. The molecule has 0 bridgehead atoms. The van der Waals surface area contributed by atoms with Gasteiger partial charge in [0.25, 0.3) is 0 Å². The topological polar surface area (TPSA) is 9.23 Å². The lowest BCUT2D eigenvalue weighted by atomic mass is 10.3. The van der Waals surface area contributed by atoms with E-state index in [2.05, 4.69) is 24.9 Å². The highest BCUT2D eigenvalue weighted by molar-refractivity contribution is 8.21. The van der Waals surface area contributed by atoms with Crippen LogP contribution in [0.3, 0.4) is 0 Å². The van der Waals surface area contributed by atoms with E-state index in [4.69, 9.17) is 16.5 Å². The molecule has 0 spiro atoms. The molecule has 0 aromatic heterocycles. The van der Waals surface area contributed by atoms with E-state index < -0.39 is 6.04 Å². The fraction of sp³-hybridized carbons (Fsp3) is 0.143. The van der Waals surface area contributed by atoms with E-state index in [0.29, 0.717) is 0 Å². The van der Waals surface area contributed by atoms with E-state index in [-0.39, 0.29) is 0 Å². The molecule has 2 aromatic carbocycles. The first kappa shape index (κ1) is 12.3. The zero-order valence-corrected chi connectivity index (χ0v) is 11.7. The number of methoxy groups -OCH3 is 1. The third-order valence-electron chi connectivity index (χ3n) is 2.79. The zero-order chi connectivity index (χ0) is 12.3. The van der Waals surface area contributed by atoms with Crippen molar-refractivity contribution in [2.24, 2.45) is 0 Å². The van der Waals surface area contributed by atoms with Gasteiger partial charge in [-0.2, -0.15) is 0 Å². The summed E-state index contributed by atoms with van der Waals surface area (Å²) in [5.74, 6) is 0.891. The molecule has 0 aliphatic rings. The molecule has 0 saturated heterocycles. The van der Waals surface area contributed by atoms with E-state index >= 15 is 0 Å². The van der Waals surface area contributed by atoms with Crippen LogP contribution in [0, 0.1) is 0 Å². The summed E-state index contributed by atoms with van der Waals surface area (Å²) in [5.41, 5.74) is 0. The summed E-state index contributed by atoms with van der Waals surface area (Å²) in [7, 11) is 1.69. The predicted octanol–water partition coefficient (Wildman–Crippen LogP) is 2.76. The van der Waals surface area contributed by atoms with E-state index in [1.807, 2.05) is 36.4 Å². The van der Waals surface area contributed by atoms with Crippen LogP contribution in [0.4, 0.5) is 0 Å². The van der Waals surface area contributed by atoms with Gasteiger partial charge in [0, 0.05) is 11.3 Å². The molecule has 3 heteroatoms. The van der Waals surface area contributed by atoms with Crippen LogP contribution in [0.5, 0.6) is 5.75 Å². The van der Waals surface area contributed by atoms with Crippen LogP contribution in [0.15, 0.2) is 54.6 Å². The van der Waals surface area contributed by atoms with Crippen molar-refractivity contribution in [3.63, 3.8) is 0 Å². The Morgan fingerprint density at radius 3 is 2.18 bits per heavy atom. The smallest absolute Gasteiger partial charge is 0.127 e. The standard InChI is InChI=1S/C14H15OPS/c1-15-13-10-6-7-11-14(13)16(2,17)12-8-4-3-5-9-12/h3-11H,1-2H3/t16-/m0/s1. The minimum atomic E-state index is -1.74. The highest BCUT2D eigenvalue weighted by Crippen LogP contribution is 2.42. The maximum atomic E-state index is 5.86. The Bertz CT molecular complexity index is 551. The average molecular weight is 262 g/mol. The Morgan fingerprint density at radius 1 is 0.941 bits per heavy atom. The van der Waals surface area contributed by atoms with Crippen LogP contribution in [0.2, 0.25) is 0 Å². The fourth-order valence-electron chi connectivity index (χ4n) is 1.83. The second-order valence-electron chi connectivity index (χ2n) is 3.93. The first-order chi connectivity index (χ1) is 8.16. The lowest BCUT2D eigenvalue weighted by molar-refractivity contribution is 0.418. The van der Waals surface area contributed by atoms with Crippen molar-refractivity contribution in [2.75, 3.05) is 13.8 Å². The van der Waals surface area contributed by atoms with E-state index in [9.17, 15) is 0 Å². The third kappa shape index (κ3) is 2.43. The number of para-hydroxylation sites is 1. The molecule has 0 aliphatic heterocycles. The summed E-state index contributed by atoms with van der Waals surface area (Å²) in [6, 6.07) is 16.6. The van der Waals surface area contributed by atoms with Crippen molar-refractivity contribution in [3.8, 4) is 5.75 Å². The summed E-state index contributed by atoms with van der Waals surface area (Å²) in [5, 5.41) is 2.36. The average Bonchev–Trinajstić information content (AvgIpc) is 2.39. The first-order valence-electron chi connectivity index (χ1n) is 5.43. The van der Waals surface area contributed by atoms with E-state index in [0.717, 1.165) is 11.1 Å². The van der Waals surface area contributed by atoms with Gasteiger partial charge in [0.1, 0.15) is 5.75 Å². The summed E-state index contributed by atoms with van der Waals surface area (Å²) >= 11 is 5.86. The fourth-order valence-corrected chi connectivity index (χ4v) is 4.63. The van der Waals surface area contributed by atoms with Crippen molar-refractivity contribution < 1.29 is 4.74 Å². The SMILES string of the molecule is COc1ccccc1[P@@](C)(=S)c1ccccc1. The molecule has 2 rings (SSSR count). The molecule has 88 valence electrons. The maximum Gasteiger partial charge on any atom is 0.127 e. The lowest BCUT2D eigenvalue weighted by Crippen LogP contribution is -2.16. The molecule has 0 aliphatic carbocycles. The molecule has 0 N–H and O–H groups in total. The van der Waals surface area contributed by atoms with Crippen molar-refractivity contribution in [2.45, 2.75) is 0 Å². The Morgan fingerprint density at radius 2 is 1.53 bits per heavy atom. The molecule has 0 fully saturated rings. The Balaban J connectivity index is 2.56. The minimum absolute atomic E-state index is 0.891. The largest absolute Gasteiger partial charge is 0.496 e. The Labute approximate surface area is 107 Å². The highest BCUT2D eigenvalue weighted by Gasteiger charge is 2.19. The summed E-state index contributed by atoms with van der Waals surface area (Å²) in [6.07, 6.45) is 0. The molecule has 0 radical (unpaired) electrons.